The third-order valence-corrected chi connectivity index (χ3v) is 3.67. The van der Waals surface area contributed by atoms with Crippen LogP contribution < -0.4 is 5.32 Å². The molecule has 0 spiro atoms. The number of likely N-dealkylation sites (N-methyl/N-ethyl adjacent to an activating group) is 1. The highest BCUT2D eigenvalue weighted by molar-refractivity contribution is 5.06. The van der Waals surface area contributed by atoms with Gasteiger partial charge in [0, 0.05) is 38.3 Å². The number of nitriles is 1. The Balaban J connectivity index is 2.47. The SMILES string of the molecule is CCNC(C)(C#N)CN1CCN(C(C)(C)C)CC1. The molecular weight excluding hydrogens is 224 g/mol. The van der Waals surface area contributed by atoms with Crippen LogP contribution in [0.1, 0.15) is 34.6 Å². The van der Waals surface area contributed by atoms with Crippen LogP contribution >= 0.6 is 0 Å². The number of piperazine rings is 1. The summed E-state index contributed by atoms with van der Waals surface area (Å²) in [4.78, 5) is 4.91. The lowest BCUT2D eigenvalue weighted by Gasteiger charge is -2.43. The first-order valence-corrected chi connectivity index (χ1v) is 6.94. The molecule has 0 radical (unpaired) electrons. The Kier molecular flexibility index (Phi) is 5.15. The van der Waals surface area contributed by atoms with Crippen LogP contribution in [0.5, 0.6) is 0 Å². The van der Waals surface area contributed by atoms with Crippen LogP contribution in [0, 0.1) is 11.3 Å². The number of nitrogens with zero attached hydrogens (tertiary/aromatic N) is 3. The van der Waals surface area contributed by atoms with Crippen molar-refractivity contribution in [1.82, 2.24) is 15.1 Å². The average molecular weight is 252 g/mol. The fourth-order valence-electron chi connectivity index (χ4n) is 2.54. The molecule has 1 rings (SSSR count). The van der Waals surface area contributed by atoms with E-state index in [2.05, 4.69) is 42.0 Å². The van der Waals surface area contributed by atoms with Gasteiger partial charge in [0.05, 0.1) is 6.07 Å². The van der Waals surface area contributed by atoms with Crippen LogP contribution in [0.25, 0.3) is 0 Å². The lowest BCUT2D eigenvalue weighted by molar-refractivity contribution is 0.0547. The molecule has 0 aromatic carbocycles. The molecular formula is C14H28N4. The van der Waals surface area contributed by atoms with Gasteiger partial charge in [0.15, 0.2) is 0 Å². The van der Waals surface area contributed by atoms with Crippen molar-refractivity contribution in [2.45, 2.75) is 45.7 Å². The fraction of sp³-hybridized carbons (Fsp3) is 0.929. The molecule has 1 aliphatic heterocycles. The van der Waals surface area contributed by atoms with E-state index >= 15 is 0 Å². The van der Waals surface area contributed by atoms with Crippen LogP contribution in [0.15, 0.2) is 0 Å². The van der Waals surface area contributed by atoms with Crippen molar-refractivity contribution in [3.63, 3.8) is 0 Å². The highest BCUT2D eigenvalue weighted by atomic mass is 15.3. The van der Waals surface area contributed by atoms with E-state index < -0.39 is 5.54 Å². The number of rotatable bonds is 4. The third-order valence-electron chi connectivity index (χ3n) is 3.67. The molecule has 104 valence electrons. The number of hydrogen-bond donors (Lipinski definition) is 1. The largest absolute Gasteiger partial charge is 0.299 e. The van der Waals surface area contributed by atoms with E-state index in [0.29, 0.717) is 0 Å². The van der Waals surface area contributed by atoms with Crippen molar-refractivity contribution in [2.75, 3.05) is 39.3 Å². The first kappa shape index (κ1) is 15.4. The minimum Gasteiger partial charge on any atom is -0.299 e. The maximum Gasteiger partial charge on any atom is 0.116 e. The van der Waals surface area contributed by atoms with E-state index in [1.807, 2.05) is 13.8 Å². The Hall–Kier alpha value is -0.630. The van der Waals surface area contributed by atoms with Crippen molar-refractivity contribution in [3.8, 4) is 6.07 Å². The summed E-state index contributed by atoms with van der Waals surface area (Å²) >= 11 is 0. The predicted molar refractivity (Wildman–Crippen MR) is 75.5 cm³/mol. The summed E-state index contributed by atoms with van der Waals surface area (Å²) in [5.74, 6) is 0. The molecule has 4 heteroatoms. The zero-order chi connectivity index (χ0) is 13.8. The zero-order valence-corrected chi connectivity index (χ0v) is 12.6. The lowest BCUT2D eigenvalue weighted by Crippen LogP contribution is -2.58. The fourth-order valence-corrected chi connectivity index (χ4v) is 2.54. The smallest absolute Gasteiger partial charge is 0.116 e. The second-order valence-electron chi connectivity index (χ2n) is 6.41. The normalized spacial score (nSPS) is 22.4. The van der Waals surface area contributed by atoms with E-state index in [4.69, 9.17) is 0 Å². The highest BCUT2D eigenvalue weighted by Gasteiger charge is 2.30. The van der Waals surface area contributed by atoms with Gasteiger partial charge in [-0.1, -0.05) is 6.92 Å². The van der Waals surface area contributed by atoms with Crippen molar-refractivity contribution >= 4 is 0 Å². The molecule has 1 aliphatic rings. The van der Waals surface area contributed by atoms with E-state index in [0.717, 1.165) is 39.3 Å². The van der Waals surface area contributed by atoms with Crippen LogP contribution in [0.3, 0.4) is 0 Å². The maximum atomic E-state index is 9.28. The molecule has 1 unspecified atom stereocenters. The predicted octanol–water partition coefficient (Wildman–Crippen LogP) is 1.29. The Bertz CT molecular complexity index is 294. The summed E-state index contributed by atoms with van der Waals surface area (Å²) in [5.41, 5.74) is -0.162. The number of hydrogen-bond acceptors (Lipinski definition) is 4. The first-order valence-electron chi connectivity index (χ1n) is 6.94. The first-order chi connectivity index (χ1) is 8.30. The van der Waals surface area contributed by atoms with Gasteiger partial charge in [0.1, 0.15) is 5.54 Å². The van der Waals surface area contributed by atoms with Gasteiger partial charge < -0.3 is 0 Å². The molecule has 0 aromatic heterocycles. The topological polar surface area (TPSA) is 42.3 Å². The molecule has 1 fully saturated rings. The summed E-state index contributed by atoms with van der Waals surface area (Å²) in [6.45, 7) is 16.8. The lowest BCUT2D eigenvalue weighted by atomic mass is 10.0. The van der Waals surface area contributed by atoms with Crippen molar-refractivity contribution in [2.24, 2.45) is 0 Å². The minimum absolute atomic E-state index is 0.256. The summed E-state index contributed by atoms with van der Waals surface area (Å²) in [5, 5.41) is 12.6. The molecule has 0 amide bonds. The van der Waals surface area contributed by atoms with Gasteiger partial charge in [0.2, 0.25) is 0 Å². The monoisotopic (exact) mass is 252 g/mol. The second kappa shape index (κ2) is 6.01. The van der Waals surface area contributed by atoms with E-state index in [-0.39, 0.29) is 5.54 Å². The quantitative estimate of drug-likeness (QED) is 0.819. The Morgan fingerprint density at radius 1 is 1.11 bits per heavy atom. The summed E-state index contributed by atoms with van der Waals surface area (Å²) in [6, 6.07) is 2.40. The Morgan fingerprint density at radius 3 is 2.06 bits per heavy atom. The number of nitrogens with one attached hydrogen (secondary N) is 1. The molecule has 1 N–H and O–H groups in total. The average Bonchev–Trinajstić information content (AvgIpc) is 2.29. The van der Waals surface area contributed by atoms with Crippen LogP contribution in [0.4, 0.5) is 0 Å². The molecule has 0 bridgehead atoms. The third kappa shape index (κ3) is 4.24. The zero-order valence-electron chi connectivity index (χ0n) is 12.6. The molecule has 1 atom stereocenters. The molecule has 18 heavy (non-hydrogen) atoms. The van der Waals surface area contributed by atoms with Gasteiger partial charge >= 0.3 is 0 Å². The van der Waals surface area contributed by atoms with Gasteiger partial charge in [-0.25, -0.2) is 0 Å². The standard InChI is InChI=1S/C14H28N4/c1-6-16-14(5,11-15)12-17-7-9-18(10-8-17)13(2,3)4/h16H,6-10,12H2,1-5H3. The molecule has 4 nitrogen and oxygen atoms in total. The van der Waals surface area contributed by atoms with Gasteiger partial charge in [-0.3, -0.25) is 15.1 Å². The minimum atomic E-state index is -0.418. The maximum absolute atomic E-state index is 9.28. The van der Waals surface area contributed by atoms with Crippen LogP contribution in [-0.4, -0.2) is 60.1 Å². The van der Waals surface area contributed by atoms with Gasteiger partial charge in [0.25, 0.3) is 0 Å². The summed E-state index contributed by atoms with van der Waals surface area (Å²) in [7, 11) is 0. The van der Waals surface area contributed by atoms with Crippen LogP contribution in [-0.2, 0) is 0 Å². The van der Waals surface area contributed by atoms with E-state index in [1.54, 1.807) is 0 Å². The van der Waals surface area contributed by atoms with Crippen molar-refractivity contribution in [3.05, 3.63) is 0 Å². The highest BCUT2D eigenvalue weighted by Crippen LogP contribution is 2.17. The van der Waals surface area contributed by atoms with Crippen molar-refractivity contribution < 1.29 is 0 Å². The van der Waals surface area contributed by atoms with Crippen LogP contribution in [0.2, 0.25) is 0 Å². The Labute approximate surface area is 112 Å². The summed E-state index contributed by atoms with van der Waals surface area (Å²) in [6.07, 6.45) is 0. The Morgan fingerprint density at radius 2 is 1.67 bits per heavy atom. The van der Waals surface area contributed by atoms with E-state index in [9.17, 15) is 5.26 Å². The van der Waals surface area contributed by atoms with E-state index in [1.165, 1.54) is 0 Å². The molecule has 1 saturated heterocycles. The molecule has 0 saturated carbocycles. The molecule has 0 aromatic rings. The van der Waals surface area contributed by atoms with Gasteiger partial charge in [-0.2, -0.15) is 5.26 Å². The van der Waals surface area contributed by atoms with Crippen molar-refractivity contribution in [1.29, 1.82) is 5.26 Å². The van der Waals surface area contributed by atoms with Gasteiger partial charge in [-0.15, -0.1) is 0 Å². The molecule has 1 heterocycles. The van der Waals surface area contributed by atoms with Gasteiger partial charge in [-0.05, 0) is 34.2 Å². The molecule has 0 aliphatic carbocycles. The summed E-state index contributed by atoms with van der Waals surface area (Å²) < 4.78 is 0. The second-order valence-corrected chi connectivity index (χ2v) is 6.41.